The van der Waals surface area contributed by atoms with Gasteiger partial charge >= 0.3 is 17.8 Å². The Kier molecular flexibility index (Phi) is 8.15. The molecule has 0 bridgehead atoms. The number of carbonyl (C=O) groups excluding carboxylic acids is 4. The fraction of sp³-hybridized carbons (Fsp3) is 0.370. The van der Waals surface area contributed by atoms with E-state index < -0.39 is 47.8 Å². The van der Waals surface area contributed by atoms with Crippen molar-refractivity contribution in [3.63, 3.8) is 0 Å². The summed E-state index contributed by atoms with van der Waals surface area (Å²) < 4.78 is 15.9. The van der Waals surface area contributed by atoms with E-state index in [1.807, 2.05) is 18.2 Å². The van der Waals surface area contributed by atoms with Crippen molar-refractivity contribution in [2.24, 2.45) is 5.92 Å². The molecule has 0 spiro atoms. The number of esters is 1. The van der Waals surface area contributed by atoms with Crippen LogP contribution in [0.2, 0.25) is 0 Å². The number of ether oxygens (including phenoxy) is 2. The van der Waals surface area contributed by atoms with Crippen LogP contribution in [0, 0.1) is 5.92 Å². The Morgan fingerprint density at radius 2 is 1.74 bits per heavy atom. The van der Waals surface area contributed by atoms with Gasteiger partial charge < -0.3 is 34.9 Å². The average Bonchev–Trinajstić information content (AvgIpc) is 3.47. The van der Waals surface area contributed by atoms with E-state index in [4.69, 9.17) is 13.9 Å². The number of aromatic nitrogens is 1. The molecule has 206 valence electrons. The molecule has 2 heterocycles. The van der Waals surface area contributed by atoms with Crippen LogP contribution in [-0.4, -0.2) is 52.1 Å². The highest BCUT2D eigenvalue weighted by Gasteiger charge is 2.54. The van der Waals surface area contributed by atoms with E-state index in [9.17, 15) is 24.3 Å². The first-order chi connectivity index (χ1) is 18.6. The highest BCUT2D eigenvalue weighted by molar-refractivity contribution is 5.91. The molecule has 4 N–H and O–H groups in total. The fourth-order valence-corrected chi connectivity index (χ4v) is 4.05. The number of hydrogen-bond donors (Lipinski definition) is 4. The van der Waals surface area contributed by atoms with Crippen molar-refractivity contribution in [1.29, 1.82) is 0 Å². The van der Waals surface area contributed by atoms with Gasteiger partial charge in [-0.05, 0) is 30.5 Å². The van der Waals surface area contributed by atoms with Crippen molar-refractivity contribution in [2.75, 3.05) is 0 Å². The second-order valence-corrected chi connectivity index (χ2v) is 9.58. The number of hydrogen-bond acceptors (Lipinski definition) is 9. The second-order valence-electron chi connectivity index (χ2n) is 9.58. The van der Waals surface area contributed by atoms with Gasteiger partial charge in [0.2, 0.25) is 11.8 Å². The van der Waals surface area contributed by atoms with Gasteiger partial charge in [-0.3, -0.25) is 14.4 Å². The molecular weight excluding hydrogens is 508 g/mol. The third kappa shape index (κ3) is 6.34. The monoisotopic (exact) mass is 538 g/mol. The van der Waals surface area contributed by atoms with Gasteiger partial charge in [0, 0.05) is 0 Å². The molecule has 2 aromatic carbocycles. The minimum Gasteiger partial charge on any atom is -0.445 e. The predicted octanol–water partition coefficient (Wildman–Crippen LogP) is 1.86. The van der Waals surface area contributed by atoms with Crippen LogP contribution in [0.3, 0.4) is 0 Å². The van der Waals surface area contributed by atoms with Crippen LogP contribution in [0.15, 0.2) is 59.0 Å². The number of carbonyl (C=O) groups is 4. The summed E-state index contributed by atoms with van der Waals surface area (Å²) in [4.78, 5) is 54.4. The quantitative estimate of drug-likeness (QED) is 0.297. The first-order valence-electron chi connectivity index (χ1n) is 12.4. The minimum atomic E-state index is -2.33. The van der Waals surface area contributed by atoms with Crippen molar-refractivity contribution in [2.45, 2.75) is 57.7 Å². The zero-order valence-electron chi connectivity index (χ0n) is 21.7. The number of aliphatic hydroxyl groups is 1. The molecule has 0 saturated carbocycles. The van der Waals surface area contributed by atoms with Crippen LogP contribution in [0.25, 0.3) is 11.1 Å². The maximum absolute atomic E-state index is 12.9. The predicted molar refractivity (Wildman–Crippen MR) is 137 cm³/mol. The maximum Gasteiger partial charge on any atom is 0.408 e. The van der Waals surface area contributed by atoms with Crippen molar-refractivity contribution in [1.82, 2.24) is 20.9 Å². The Morgan fingerprint density at radius 3 is 2.44 bits per heavy atom. The standard InChI is InChI=1S/C27H30N4O8/c1-15(2)22(31-26(35)37-14-17-9-5-4-6-10-17)24(34)28-16(3)23(33)30-20-13-21(32)39-27(20,36)25-29-18-11-7-8-12-19(18)38-25/h4-12,15-16,20,22,36H,13-14H2,1-3H3,(H,28,34)(H,30,33)(H,31,35)/t16-,20-,22+,27?/m0/s1. The molecule has 1 aromatic heterocycles. The van der Waals surface area contributed by atoms with Gasteiger partial charge in [-0.15, -0.1) is 0 Å². The Bertz CT molecular complexity index is 1330. The summed E-state index contributed by atoms with van der Waals surface area (Å²) >= 11 is 0. The van der Waals surface area contributed by atoms with E-state index in [-0.39, 0.29) is 24.8 Å². The van der Waals surface area contributed by atoms with Crippen LogP contribution < -0.4 is 16.0 Å². The van der Waals surface area contributed by atoms with Crippen molar-refractivity contribution in [3.8, 4) is 0 Å². The number of benzene rings is 2. The molecule has 0 aliphatic carbocycles. The van der Waals surface area contributed by atoms with E-state index in [1.54, 1.807) is 50.2 Å². The van der Waals surface area contributed by atoms with E-state index >= 15 is 0 Å². The number of oxazole rings is 1. The van der Waals surface area contributed by atoms with Crippen LogP contribution in [0.1, 0.15) is 38.6 Å². The van der Waals surface area contributed by atoms with Gasteiger partial charge in [0.1, 0.15) is 30.2 Å². The largest absolute Gasteiger partial charge is 0.445 e. The highest BCUT2D eigenvalue weighted by Crippen LogP contribution is 2.35. The smallest absolute Gasteiger partial charge is 0.408 e. The third-order valence-electron chi connectivity index (χ3n) is 6.22. The Morgan fingerprint density at radius 1 is 1.05 bits per heavy atom. The Hall–Kier alpha value is -4.45. The van der Waals surface area contributed by atoms with Gasteiger partial charge in [-0.25, -0.2) is 9.78 Å². The number of amides is 3. The van der Waals surface area contributed by atoms with Gasteiger partial charge in [0.05, 0.1) is 6.42 Å². The number of nitrogens with one attached hydrogen (secondary N) is 3. The molecule has 1 aliphatic rings. The molecule has 1 aliphatic heterocycles. The zero-order chi connectivity index (χ0) is 28.2. The maximum atomic E-state index is 12.9. The minimum absolute atomic E-state index is 0.0308. The lowest BCUT2D eigenvalue weighted by atomic mass is 10.0. The summed E-state index contributed by atoms with van der Waals surface area (Å²) in [5.74, 6) is -5.02. The lowest BCUT2D eigenvalue weighted by molar-refractivity contribution is -0.210. The van der Waals surface area contributed by atoms with Crippen molar-refractivity contribution >= 4 is 35.0 Å². The van der Waals surface area contributed by atoms with Gasteiger partial charge in [0.25, 0.3) is 5.89 Å². The van der Waals surface area contributed by atoms with Gasteiger partial charge in [-0.2, -0.15) is 0 Å². The van der Waals surface area contributed by atoms with Crippen LogP contribution >= 0.6 is 0 Å². The normalized spacial score (nSPS) is 20.2. The molecule has 4 rings (SSSR count). The molecule has 3 amide bonds. The highest BCUT2D eigenvalue weighted by atomic mass is 16.7. The summed E-state index contributed by atoms with van der Waals surface area (Å²) in [6, 6.07) is 12.5. The second kappa shape index (κ2) is 11.5. The first kappa shape index (κ1) is 27.6. The van der Waals surface area contributed by atoms with E-state index in [2.05, 4.69) is 20.9 Å². The molecule has 1 saturated heterocycles. The molecule has 12 heteroatoms. The molecule has 1 unspecified atom stereocenters. The summed E-state index contributed by atoms with van der Waals surface area (Å²) in [7, 11) is 0. The molecule has 0 radical (unpaired) electrons. The molecule has 39 heavy (non-hydrogen) atoms. The molecule has 1 fully saturated rings. The Labute approximate surface area is 224 Å². The molecule has 12 nitrogen and oxygen atoms in total. The third-order valence-corrected chi connectivity index (χ3v) is 6.22. The number of fused-ring (bicyclic) bond motifs is 1. The average molecular weight is 539 g/mol. The first-order valence-corrected chi connectivity index (χ1v) is 12.4. The molecular formula is C27H30N4O8. The van der Waals surface area contributed by atoms with Crippen LogP contribution in [0.4, 0.5) is 4.79 Å². The van der Waals surface area contributed by atoms with E-state index in [1.165, 1.54) is 6.92 Å². The fourth-order valence-electron chi connectivity index (χ4n) is 4.05. The summed E-state index contributed by atoms with van der Waals surface area (Å²) in [6.07, 6.45) is -1.12. The lowest BCUT2D eigenvalue weighted by Gasteiger charge is -2.27. The van der Waals surface area contributed by atoms with Crippen molar-refractivity contribution in [3.05, 3.63) is 66.1 Å². The number of nitrogens with zero attached hydrogens (tertiary/aromatic N) is 1. The number of alkyl carbamates (subject to hydrolysis) is 1. The molecule has 4 atom stereocenters. The van der Waals surface area contributed by atoms with Crippen molar-refractivity contribution < 1.29 is 38.2 Å². The van der Waals surface area contributed by atoms with Crippen LogP contribution in [0.5, 0.6) is 0 Å². The number of rotatable bonds is 9. The van der Waals surface area contributed by atoms with Gasteiger partial charge in [-0.1, -0.05) is 56.3 Å². The number of cyclic esters (lactones) is 1. The summed E-state index contributed by atoms with van der Waals surface area (Å²) in [5.41, 5.74) is 1.59. The van der Waals surface area contributed by atoms with Gasteiger partial charge in [0.15, 0.2) is 5.58 Å². The van der Waals surface area contributed by atoms with E-state index in [0.717, 1.165) is 5.56 Å². The zero-order valence-corrected chi connectivity index (χ0v) is 21.7. The van der Waals surface area contributed by atoms with Crippen LogP contribution in [-0.2, 0) is 36.3 Å². The van der Waals surface area contributed by atoms with E-state index in [0.29, 0.717) is 11.1 Å². The number of para-hydroxylation sites is 2. The lowest BCUT2D eigenvalue weighted by Crippen LogP contribution is -2.57. The SMILES string of the molecule is CC(C)[C@@H](NC(=O)OCc1ccccc1)C(=O)N[C@@H](C)C(=O)N[C@H]1CC(=O)OC1(O)c1nc2ccccc2o1. The summed E-state index contributed by atoms with van der Waals surface area (Å²) in [6.45, 7) is 4.92. The summed E-state index contributed by atoms with van der Waals surface area (Å²) in [5, 5.41) is 18.7. The topological polar surface area (TPSA) is 169 Å². The molecule has 3 aromatic rings. The Balaban J connectivity index is 1.36.